The molecule has 0 radical (unpaired) electrons. The van der Waals surface area contributed by atoms with Crippen molar-refractivity contribution in [3.8, 4) is 5.75 Å². The van der Waals surface area contributed by atoms with E-state index in [0.717, 1.165) is 33.2 Å². The Kier molecular flexibility index (Phi) is 13.8. The summed E-state index contributed by atoms with van der Waals surface area (Å²) in [6.07, 6.45) is 1.44. The van der Waals surface area contributed by atoms with Gasteiger partial charge in [-0.15, -0.1) is 0 Å². The van der Waals surface area contributed by atoms with E-state index >= 15 is 0 Å². The first-order valence-corrected chi connectivity index (χ1v) is 17.2. The first-order valence-electron chi connectivity index (χ1n) is 17.2. The van der Waals surface area contributed by atoms with Crippen molar-refractivity contribution < 1.29 is 28.5 Å². The number of nitrogens with one attached hydrogen (secondary N) is 2. The van der Waals surface area contributed by atoms with Gasteiger partial charge in [-0.1, -0.05) is 105 Å². The number of carbonyl (C=O) groups excluding carboxylic acids is 1. The van der Waals surface area contributed by atoms with Gasteiger partial charge in [0.15, 0.2) is 0 Å². The van der Waals surface area contributed by atoms with Crippen molar-refractivity contribution in [2.75, 3.05) is 13.2 Å². The second-order valence-electron chi connectivity index (χ2n) is 11.8. The number of benzene rings is 4. The Balaban J connectivity index is 0.00000230. The zero-order valence-corrected chi connectivity index (χ0v) is 28.7. The summed E-state index contributed by atoms with van der Waals surface area (Å²) in [7, 11) is 0. The van der Waals surface area contributed by atoms with Crippen molar-refractivity contribution in [1.82, 2.24) is 10.3 Å². The lowest BCUT2D eigenvalue weighted by atomic mass is 10.0. The zero-order valence-electron chi connectivity index (χ0n) is 28.7. The smallest absolute Gasteiger partial charge is 0.216 e. The summed E-state index contributed by atoms with van der Waals surface area (Å²) in [5.74, 6) is 0.651. The Bertz CT molecular complexity index is 1680. The van der Waals surface area contributed by atoms with Crippen molar-refractivity contribution in [3.63, 3.8) is 0 Å². The number of amides is 1. The molecule has 1 aliphatic rings. The summed E-state index contributed by atoms with van der Waals surface area (Å²) in [6, 6.07) is 36.3. The molecule has 8 heteroatoms. The number of aromatic nitrogens is 1. The third kappa shape index (κ3) is 10.8. The fraction of sp³-hybridized carbons (Fsp3) is 0.341. The maximum Gasteiger partial charge on any atom is 0.216 e. The molecule has 2 heterocycles. The molecule has 6 rings (SSSR count). The summed E-state index contributed by atoms with van der Waals surface area (Å²) in [5, 5.41) is 3.92. The molecule has 49 heavy (non-hydrogen) atoms. The van der Waals surface area contributed by atoms with Crippen molar-refractivity contribution >= 4 is 16.8 Å². The molecule has 0 aliphatic carbocycles. The van der Waals surface area contributed by atoms with E-state index in [1.165, 1.54) is 6.92 Å². The summed E-state index contributed by atoms with van der Waals surface area (Å²) in [6.45, 7) is 7.72. The van der Waals surface area contributed by atoms with Gasteiger partial charge in [-0.25, -0.2) is 0 Å². The average Bonchev–Trinajstić information content (AvgIpc) is 3.54. The zero-order chi connectivity index (χ0) is 34.3. The van der Waals surface area contributed by atoms with Crippen molar-refractivity contribution in [2.24, 2.45) is 0 Å². The molecule has 4 atom stereocenters. The van der Waals surface area contributed by atoms with E-state index in [1.54, 1.807) is 0 Å². The number of H-pyrrole nitrogens is 1. The molecule has 1 fully saturated rings. The predicted octanol–water partition coefficient (Wildman–Crippen LogP) is 7.75. The molecule has 1 aromatic heterocycles. The van der Waals surface area contributed by atoms with Gasteiger partial charge < -0.3 is 34.0 Å². The van der Waals surface area contributed by atoms with Crippen LogP contribution in [0, 0.1) is 0 Å². The topological polar surface area (TPSA) is 91.0 Å². The Morgan fingerprint density at radius 3 is 2.06 bits per heavy atom. The van der Waals surface area contributed by atoms with E-state index in [1.807, 2.05) is 105 Å². The predicted molar refractivity (Wildman–Crippen MR) is 192 cm³/mol. The van der Waals surface area contributed by atoms with Crippen molar-refractivity contribution in [1.29, 1.82) is 0 Å². The number of fused-ring (bicyclic) bond motifs is 1. The molecule has 1 saturated heterocycles. The standard InChI is InChI=1S/C39H42N2O6.C2H6/c1-28(42)40-20-19-32-23-41-35-18-17-33(21-34(32)35)46-38-22-36(44-25-30-13-7-3-8-14-30)39(45-26-31-15-9-4-10-16-31)37(47-38)27-43-24-29-11-5-2-6-12-29;1-2/h2-18,21,23,36-39,41H,19-20,22,24-27H2,1H3,(H,40,42);1-2H3/t36?,37?,38-,39-;/m0./s1. The molecule has 2 N–H and O–H groups in total. The number of ether oxygens (including phenoxy) is 5. The molecule has 2 unspecified atom stereocenters. The Labute approximate surface area is 289 Å². The largest absolute Gasteiger partial charge is 0.465 e. The lowest BCUT2D eigenvalue weighted by Crippen LogP contribution is -2.53. The van der Waals surface area contributed by atoms with Gasteiger partial charge in [0.1, 0.15) is 18.0 Å². The maximum atomic E-state index is 11.4. The molecule has 1 aliphatic heterocycles. The summed E-state index contributed by atoms with van der Waals surface area (Å²) < 4.78 is 32.5. The minimum atomic E-state index is -0.586. The number of rotatable bonds is 15. The van der Waals surface area contributed by atoms with Crippen LogP contribution in [0.1, 0.15) is 49.4 Å². The van der Waals surface area contributed by atoms with Gasteiger partial charge >= 0.3 is 0 Å². The highest BCUT2D eigenvalue weighted by Gasteiger charge is 2.41. The van der Waals surface area contributed by atoms with Crippen LogP contribution in [0.3, 0.4) is 0 Å². The van der Waals surface area contributed by atoms with Crippen LogP contribution in [0.2, 0.25) is 0 Å². The van der Waals surface area contributed by atoms with Crippen LogP contribution in [0.15, 0.2) is 115 Å². The quantitative estimate of drug-likeness (QED) is 0.119. The third-order valence-electron chi connectivity index (χ3n) is 8.24. The van der Waals surface area contributed by atoms with Crippen LogP contribution in [0.4, 0.5) is 0 Å². The first kappa shape index (κ1) is 35.8. The third-order valence-corrected chi connectivity index (χ3v) is 8.24. The van der Waals surface area contributed by atoms with Gasteiger partial charge in [-0.2, -0.15) is 0 Å². The molecule has 5 aromatic rings. The number of aromatic amines is 1. The summed E-state index contributed by atoms with van der Waals surface area (Å²) in [5.41, 5.74) is 5.36. The summed E-state index contributed by atoms with van der Waals surface area (Å²) >= 11 is 0. The van der Waals surface area contributed by atoms with Gasteiger partial charge in [0, 0.05) is 37.0 Å². The van der Waals surface area contributed by atoms with Gasteiger partial charge in [-0.05, 0) is 46.9 Å². The first-order chi connectivity index (χ1) is 24.1. The molecule has 0 bridgehead atoms. The van der Waals surface area contributed by atoms with Crippen LogP contribution in [-0.2, 0) is 50.0 Å². The van der Waals surface area contributed by atoms with Gasteiger partial charge in [0.2, 0.25) is 12.2 Å². The van der Waals surface area contributed by atoms with E-state index < -0.39 is 12.4 Å². The normalized spacial score (nSPS) is 18.8. The maximum absolute atomic E-state index is 11.4. The molecule has 8 nitrogen and oxygen atoms in total. The van der Waals surface area contributed by atoms with E-state index in [0.29, 0.717) is 51.6 Å². The lowest BCUT2D eigenvalue weighted by Gasteiger charge is -2.41. The van der Waals surface area contributed by atoms with Gasteiger partial charge in [0.25, 0.3) is 0 Å². The minimum absolute atomic E-state index is 0.0410. The molecule has 0 saturated carbocycles. The lowest BCUT2D eigenvalue weighted by molar-refractivity contribution is -0.257. The van der Waals surface area contributed by atoms with Gasteiger partial charge in [0.05, 0.1) is 32.5 Å². The van der Waals surface area contributed by atoms with Crippen LogP contribution in [-0.4, -0.2) is 48.6 Å². The van der Waals surface area contributed by atoms with Crippen LogP contribution >= 0.6 is 0 Å². The Hall–Kier alpha value is -4.47. The van der Waals surface area contributed by atoms with E-state index in [9.17, 15) is 4.79 Å². The fourth-order valence-corrected chi connectivity index (χ4v) is 5.85. The highest BCUT2D eigenvalue weighted by molar-refractivity contribution is 5.84. The van der Waals surface area contributed by atoms with E-state index in [-0.39, 0.29) is 18.1 Å². The molecule has 0 spiro atoms. The van der Waals surface area contributed by atoms with Crippen LogP contribution in [0.25, 0.3) is 10.9 Å². The van der Waals surface area contributed by atoms with Gasteiger partial charge in [-0.3, -0.25) is 4.79 Å². The second-order valence-corrected chi connectivity index (χ2v) is 11.8. The Morgan fingerprint density at radius 1 is 0.816 bits per heavy atom. The number of hydrogen-bond acceptors (Lipinski definition) is 6. The molecule has 258 valence electrons. The van der Waals surface area contributed by atoms with Crippen molar-refractivity contribution in [3.05, 3.63) is 138 Å². The second kappa shape index (κ2) is 18.9. The average molecular weight is 665 g/mol. The number of carbonyl (C=O) groups is 1. The highest BCUT2D eigenvalue weighted by atomic mass is 16.7. The Morgan fingerprint density at radius 2 is 1.43 bits per heavy atom. The van der Waals surface area contributed by atoms with E-state index in [2.05, 4.69) is 34.6 Å². The van der Waals surface area contributed by atoms with E-state index in [4.69, 9.17) is 23.7 Å². The summed E-state index contributed by atoms with van der Waals surface area (Å²) in [4.78, 5) is 14.7. The molecule has 4 aromatic carbocycles. The highest BCUT2D eigenvalue weighted by Crippen LogP contribution is 2.31. The fourth-order valence-electron chi connectivity index (χ4n) is 5.85. The van der Waals surface area contributed by atoms with Crippen molar-refractivity contribution in [2.45, 2.75) is 78.0 Å². The molecule has 1 amide bonds. The van der Waals surface area contributed by atoms with Crippen LogP contribution in [0.5, 0.6) is 5.75 Å². The van der Waals surface area contributed by atoms with Crippen LogP contribution < -0.4 is 10.1 Å². The number of hydrogen-bond donors (Lipinski definition) is 2. The minimum Gasteiger partial charge on any atom is -0.465 e. The molecular formula is C41H48N2O6. The monoisotopic (exact) mass is 664 g/mol. The SMILES string of the molecule is CC.CC(=O)NCCc1c[nH]c2ccc(O[C@@H]3CC(OCc4ccccc4)[C@H](OCc4ccccc4)C(COCc4ccccc4)O3)cc12. The molecular weight excluding hydrogens is 616 g/mol.